The zero-order valence-corrected chi connectivity index (χ0v) is 11.1. The van der Waals surface area contributed by atoms with Crippen molar-refractivity contribution in [3.8, 4) is 11.1 Å². The maximum absolute atomic E-state index is 13.3. The maximum Gasteiger partial charge on any atom is 0.419 e. The Morgan fingerprint density at radius 3 is 2.43 bits per heavy atom. The Kier molecular flexibility index (Phi) is 3.35. The Morgan fingerprint density at radius 1 is 0.952 bits per heavy atom. The summed E-state index contributed by atoms with van der Waals surface area (Å²) in [7, 11) is 0. The summed E-state index contributed by atoms with van der Waals surface area (Å²) in [6.45, 7) is 0.904. The summed E-state index contributed by atoms with van der Waals surface area (Å²) in [6.07, 6.45) is -2.80. The second-order valence-electron chi connectivity index (χ2n) is 5.09. The van der Waals surface area contributed by atoms with Gasteiger partial charge in [-0.1, -0.05) is 12.1 Å². The van der Waals surface area contributed by atoms with E-state index in [2.05, 4.69) is 5.32 Å². The van der Waals surface area contributed by atoms with Gasteiger partial charge in [0, 0.05) is 12.2 Å². The lowest BCUT2D eigenvalue weighted by molar-refractivity contribution is -0.139. The number of rotatable bonds is 1. The molecule has 2 aromatic carbocycles. The Labute approximate surface area is 119 Å². The molecule has 1 aliphatic heterocycles. The maximum atomic E-state index is 13.3. The second-order valence-corrected chi connectivity index (χ2v) is 5.09. The van der Waals surface area contributed by atoms with Crippen LogP contribution in [-0.4, -0.2) is 6.54 Å². The van der Waals surface area contributed by atoms with Gasteiger partial charge >= 0.3 is 6.18 Å². The van der Waals surface area contributed by atoms with E-state index in [4.69, 9.17) is 0 Å². The van der Waals surface area contributed by atoms with E-state index in [1.807, 2.05) is 12.1 Å². The van der Waals surface area contributed by atoms with Gasteiger partial charge in [0.1, 0.15) is 5.82 Å². The topological polar surface area (TPSA) is 12.0 Å². The van der Waals surface area contributed by atoms with Gasteiger partial charge in [-0.05, 0) is 53.8 Å². The number of aryl methyl sites for hydroxylation is 1. The Bertz CT molecular complexity index is 676. The average molecular weight is 295 g/mol. The van der Waals surface area contributed by atoms with Crippen molar-refractivity contribution in [1.29, 1.82) is 0 Å². The molecule has 0 amide bonds. The van der Waals surface area contributed by atoms with Crippen molar-refractivity contribution in [3.63, 3.8) is 0 Å². The minimum Gasteiger partial charge on any atom is -0.385 e. The second kappa shape index (κ2) is 5.06. The van der Waals surface area contributed by atoms with E-state index in [1.54, 1.807) is 6.07 Å². The number of hydrogen-bond acceptors (Lipinski definition) is 1. The van der Waals surface area contributed by atoms with Gasteiger partial charge in [-0.3, -0.25) is 0 Å². The smallest absolute Gasteiger partial charge is 0.385 e. The standard InChI is InChI=1S/C16H13F4N/c17-14-5-3-11(9-13(14)16(18,19)20)10-4-6-15-12(8-10)2-1-7-21-15/h3-6,8-9,21H,1-2,7H2. The fourth-order valence-electron chi connectivity index (χ4n) is 2.58. The van der Waals surface area contributed by atoms with Crippen LogP contribution in [0.1, 0.15) is 17.5 Å². The van der Waals surface area contributed by atoms with Crippen LogP contribution in [0.25, 0.3) is 11.1 Å². The number of halogens is 4. The minimum atomic E-state index is -4.68. The number of alkyl halides is 3. The molecule has 0 saturated carbocycles. The van der Waals surface area contributed by atoms with Gasteiger partial charge in [0.05, 0.1) is 5.56 Å². The fourth-order valence-corrected chi connectivity index (χ4v) is 2.58. The van der Waals surface area contributed by atoms with Crippen LogP contribution in [0.3, 0.4) is 0 Å². The van der Waals surface area contributed by atoms with E-state index in [1.165, 1.54) is 6.07 Å². The summed E-state index contributed by atoms with van der Waals surface area (Å²) in [5.74, 6) is -1.24. The first-order valence-corrected chi connectivity index (χ1v) is 6.69. The number of hydrogen-bond donors (Lipinski definition) is 1. The first-order chi connectivity index (χ1) is 9.95. The summed E-state index contributed by atoms with van der Waals surface area (Å²) in [5, 5.41) is 3.25. The van der Waals surface area contributed by atoms with Crippen molar-refractivity contribution in [2.24, 2.45) is 0 Å². The van der Waals surface area contributed by atoms with E-state index in [-0.39, 0.29) is 0 Å². The summed E-state index contributed by atoms with van der Waals surface area (Å²) in [6, 6.07) is 8.60. The predicted octanol–water partition coefficient (Wildman–Crippen LogP) is 4.87. The molecule has 1 N–H and O–H groups in total. The molecule has 1 nitrogen and oxygen atoms in total. The van der Waals surface area contributed by atoms with Crippen molar-refractivity contribution in [1.82, 2.24) is 0 Å². The molecule has 3 rings (SSSR count). The zero-order valence-electron chi connectivity index (χ0n) is 11.1. The molecule has 1 heterocycles. The van der Waals surface area contributed by atoms with Gasteiger partial charge in [0.25, 0.3) is 0 Å². The Morgan fingerprint density at radius 2 is 1.67 bits per heavy atom. The van der Waals surface area contributed by atoms with Gasteiger partial charge in [-0.25, -0.2) is 4.39 Å². The van der Waals surface area contributed by atoms with Crippen molar-refractivity contribution < 1.29 is 17.6 Å². The van der Waals surface area contributed by atoms with E-state index in [0.29, 0.717) is 11.1 Å². The molecule has 0 aliphatic carbocycles. The number of benzene rings is 2. The van der Waals surface area contributed by atoms with Gasteiger partial charge in [0.15, 0.2) is 0 Å². The molecule has 0 radical (unpaired) electrons. The lowest BCUT2D eigenvalue weighted by Crippen LogP contribution is -2.11. The molecule has 0 unspecified atom stereocenters. The van der Waals surface area contributed by atoms with E-state index < -0.39 is 17.6 Å². The SMILES string of the molecule is Fc1ccc(-c2ccc3c(c2)CCCN3)cc1C(F)(F)F. The van der Waals surface area contributed by atoms with Crippen LogP contribution in [0.2, 0.25) is 0 Å². The summed E-state index contributed by atoms with van der Waals surface area (Å²) < 4.78 is 51.6. The molecule has 5 heteroatoms. The zero-order chi connectivity index (χ0) is 15.0. The molecular formula is C16H13F4N. The highest BCUT2D eigenvalue weighted by Gasteiger charge is 2.34. The summed E-state index contributed by atoms with van der Waals surface area (Å²) in [4.78, 5) is 0. The Hall–Kier alpha value is -2.04. The van der Waals surface area contributed by atoms with Gasteiger partial charge in [-0.2, -0.15) is 13.2 Å². The van der Waals surface area contributed by atoms with Crippen LogP contribution < -0.4 is 5.32 Å². The molecular weight excluding hydrogens is 282 g/mol. The van der Waals surface area contributed by atoms with E-state index in [0.717, 1.165) is 42.8 Å². The first-order valence-electron chi connectivity index (χ1n) is 6.69. The molecule has 21 heavy (non-hydrogen) atoms. The third kappa shape index (κ3) is 2.73. The number of nitrogens with one attached hydrogen (secondary N) is 1. The van der Waals surface area contributed by atoms with Gasteiger partial charge < -0.3 is 5.32 Å². The molecule has 0 fully saturated rings. The lowest BCUT2D eigenvalue weighted by atomic mass is 9.96. The third-order valence-electron chi connectivity index (χ3n) is 3.65. The van der Waals surface area contributed by atoms with Gasteiger partial charge in [0.2, 0.25) is 0 Å². The quantitative estimate of drug-likeness (QED) is 0.740. The molecule has 0 bridgehead atoms. The molecule has 110 valence electrons. The summed E-state index contributed by atoms with van der Waals surface area (Å²) >= 11 is 0. The highest BCUT2D eigenvalue weighted by Crippen LogP contribution is 2.35. The van der Waals surface area contributed by atoms with E-state index in [9.17, 15) is 17.6 Å². The van der Waals surface area contributed by atoms with Crippen molar-refractivity contribution >= 4 is 5.69 Å². The molecule has 0 atom stereocenters. The van der Waals surface area contributed by atoms with Crippen LogP contribution in [0.15, 0.2) is 36.4 Å². The van der Waals surface area contributed by atoms with Crippen molar-refractivity contribution in [2.75, 3.05) is 11.9 Å². The third-order valence-corrected chi connectivity index (χ3v) is 3.65. The predicted molar refractivity (Wildman–Crippen MR) is 73.6 cm³/mol. The monoisotopic (exact) mass is 295 g/mol. The van der Waals surface area contributed by atoms with Crippen LogP contribution in [0.5, 0.6) is 0 Å². The summed E-state index contributed by atoms with van der Waals surface area (Å²) in [5.41, 5.74) is 1.91. The van der Waals surface area contributed by atoms with Gasteiger partial charge in [-0.15, -0.1) is 0 Å². The molecule has 0 aromatic heterocycles. The Balaban J connectivity index is 2.05. The highest BCUT2D eigenvalue weighted by molar-refractivity contribution is 5.69. The first kappa shape index (κ1) is 13.9. The molecule has 0 spiro atoms. The van der Waals surface area contributed by atoms with Crippen LogP contribution in [0, 0.1) is 5.82 Å². The minimum absolute atomic E-state index is 0.372. The fraction of sp³-hybridized carbons (Fsp3) is 0.250. The van der Waals surface area contributed by atoms with Crippen LogP contribution in [0.4, 0.5) is 23.2 Å². The largest absolute Gasteiger partial charge is 0.419 e. The highest BCUT2D eigenvalue weighted by atomic mass is 19.4. The van der Waals surface area contributed by atoms with Crippen molar-refractivity contribution in [3.05, 3.63) is 53.3 Å². The number of fused-ring (bicyclic) bond motifs is 1. The van der Waals surface area contributed by atoms with Crippen molar-refractivity contribution in [2.45, 2.75) is 19.0 Å². The average Bonchev–Trinajstić information content (AvgIpc) is 2.46. The normalized spacial score (nSPS) is 14.5. The van der Waals surface area contributed by atoms with Crippen LogP contribution >= 0.6 is 0 Å². The van der Waals surface area contributed by atoms with E-state index >= 15 is 0 Å². The molecule has 2 aromatic rings. The van der Waals surface area contributed by atoms with Crippen LogP contribution in [-0.2, 0) is 12.6 Å². The lowest BCUT2D eigenvalue weighted by Gasteiger charge is -2.19. The number of anilines is 1. The molecule has 0 saturated heterocycles. The molecule has 1 aliphatic rings.